The number of aliphatic hydroxyl groups excluding tert-OH is 1. The van der Waals surface area contributed by atoms with E-state index >= 15 is 0 Å². The van der Waals surface area contributed by atoms with Gasteiger partial charge in [0.25, 0.3) is 0 Å². The Balaban J connectivity index is 2.21. The lowest BCUT2D eigenvalue weighted by Gasteiger charge is -2.31. The van der Waals surface area contributed by atoms with Gasteiger partial charge in [-0.25, -0.2) is 13.8 Å². The van der Waals surface area contributed by atoms with Crippen LogP contribution in [0.3, 0.4) is 0 Å². The SMILES string of the molecule is O[C@H]1CCCN(c2ncc(F)cc2F)C1. The van der Waals surface area contributed by atoms with Crippen LogP contribution in [0.15, 0.2) is 12.3 Å². The lowest BCUT2D eigenvalue weighted by Crippen LogP contribution is -2.39. The maximum absolute atomic E-state index is 13.3. The fourth-order valence-electron chi connectivity index (χ4n) is 1.79. The van der Waals surface area contributed by atoms with Crippen molar-refractivity contribution in [3.05, 3.63) is 23.9 Å². The number of nitrogens with zero attached hydrogens (tertiary/aromatic N) is 2. The molecule has 1 fully saturated rings. The molecule has 0 bridgehead atoms. The molecule has 1 aromatic rings. The second kappa shape index (κ2) is 4.10. The minimum atomic E-state index is -0.686. The number of hydrogen-bond donors (Lipinski definition) is 1. The molecule has 1 aliphatic rings. The van der Waals surface area contributed by atoms with Crippen molar-refractivity contribution in [1.82, 2.24) is 4.98 Å². The number of rotatable bonds is 1. The lowest BCUT2D eigenvalue weighted by molar-refractivity contribution is 0.153. The Hall–Kier alpha value is -1.23. The molecular formula is C10H12F2N2O. The van der Waals surface area contributed by atoms with Crippen LogP contribution in [0.4, 0.5) is 14.6 Å². The molecule has 2 rings (SSSR count). The van der Waals surface area contributed by atoms with Gasteiger partial charge in [0.05, 0.1) is 12.3 Å². The molecule has 0 unspecified atom stereocenters. The molecule has 1 saturated heterocycles. The second-order valence-electron chi connectivity index (χ2n) is 3.70. The van der Waals surface area contributed by atoms with Gasteiger partial charge in [-0.1, -0.05) is 0 Å². The van der Waals surface area contributed by atoms with Crippen LogP contribution in [0.2, 0.25) is 0 Å². The zero-order chi connectivity index (χ0) is 10.8. The number of aliphatic hydroxyl groups is 1. The summed E-state index contributed by atoms with van der Waals surface area (Å²) in [6.07, 6.45) is 2.04. The number of halogens is 2. The first-order valence-corrected chi connectivity index (χ1v) is 4.91. The standard InChI is InChI=1S/C10H12F2N2O/c11-7-4-9(12)10(13-5-7)14-3-1-2-8(15)6-14/h4-5,8,15H,1-3,6H2/t8-/m0/s1. The number of hydrogen-bond acceptors (Lipinski definition) is 3. The minimum Gasteiger partial charge on any atom is -0.391 e. The summed E-state index contributed by atoms with van der Waals surface area (Å²) in [7, 11) is 0. The van der Waals surface area contributed by atoms with E-state index in [1.165, 1.54) is 0 Å². The zero-order valence-electron chi connectivity index (χ0n) is 8.16. The van der Waals surface area contributed by atoms with Gasteiger partial charge >= 0.3 is 0 Å². The summed E-state index contributed by atoms with van der Waals surface area (Å²) in [6, 6.07) is 0.809. The molecule has 0 saturated carbocycles. The molecule has 0 spiro atoms. The van der Waals surface area contributed by atoms with E-state index in [1.807, 2.05) is 0 Å². The Kier molecular flexibility index (Phi) is 2.81. The van der Waals surface area contributed by atoms with Crippen molar-refractivity contribution in [2.24, 2.45) is 0 Å². The van der Waals surface area contributed by atoms with E-state index < -0.39 is 17.7 Å². The summed E-state index contributed by atoms with van der Waals surface area (Å²) < 4.78 is 26.0. The van der Waals surface area contributed by atoms with Crippen molar-refractivity contribution in [3.63, 3.8) is 0 Å². The Labute approximate surface area is 86.4 Å². The summed E-state index contributed by atoms with van der Waals surface area (Å²) in [5.41, 5.74) is 0. The molecule has 5 heteroatoms. The molecule has 3 nitrogen and oxygen atoms in total. The van der Waals surface area contributed by atoms with Crippen LogP contribution >= 0.6 is 0 Å². The third-order valence-corrected chi connectivity index (χ3v) is 2.48. The topological polar surface area (TPSA) is 36.4 Å². The van der Waals surface area contributed by atoms with Crippen LogP contribution in [-0.4, -0.2) is 29.3 Å². The average molecular weight is 214 g/mol. The fraction of sp³-hybridized carbons (Fsp3) is 0.500. The van der Waals surface area contributed by atoms with Crippen LogP contribution < -0.4 is 4.90 Å². The highest BCUT2D eigenvalue weighted by Crippen LogP contribution is 2.21. The third kappa shape index (κ3) is 2.23. The monoisotopic (exact) mass is 214 g/mol. The number of aromatic nitrogens is 1. The molecule has 0 radical (unpaired) electrons. The van der Waals surface area contributed by atoms with Gasteiger partial charge < -0.3 is 10.0 Å². The van der Waals surface area contributed by atoms with E-state index in [-0.39, 0.29) is 5.82 Å². The highest BCUT2D eigenvalue weighted by atomic mass is 19.1. The summed E-state index contributed by atoms with van der Waals surface area (Å²) in [5.74, 6) is -1.24. The molecule has 82 valence electrons. The Morgan fingerprint density at radius 1 is 1.47 bits per heavy atom. The molecule has 2 heterocycles. The summed E-state index contributed by atoms with van der Waals surface area (Å²) in [4.78, 5) is 5.34. The maximum atomic E-state index is 13.3. The largest absolute Gasteiger partial charge is 0.391 e. The van der Waals surface area contributed by atoms with E-state index in [1.54, 1.807) is 4.90 Å². The lowest BCUT2D eigenvalue weighted by atomic mass is 10.1. The first-order chi connectivity index (χ1) is 7.16. The molecule has 15 heavy (non-hydrogen) atoms. The van der Waals surface area contributed by atoms with Crippen molar-refractivity contribution >= 4 is 5.82 Å². The highest BCUT2D eigenvalue weighted by Gasteiger charge is 2.21. The van der Waals surface area contributed by atoms with Gasteiger partial charge in [-0.05, 0) is 12.8 Å². The molecular weight excluding hydrogens is 202 g/mol. The van der Waals surface area contributed by atoms with Crippen molar-refractivity contribution in [1.29, 1.82) is 0 Å². The number of pyridine rings is 1. The second-order valence-corrected chi connectivity index (χ2v) is 3.70. The summed E-state index contributed by atoms with van der Waals surface area (Å²) in [5, 5.41) is 9.42. The van der Waals surface area contributed by atoms with Crippen molar-refractivity contribution in [3.8, 4) is 0 Å². The van der Waals surface area contributed by atoms with E-state index in [9.17, 15) is 13.9 Å². The summed E-state index contributed by atoms with van der Waals surface area (Å²) >= 11 is 0. The van der Waals surface area contributed by atoms with Crippen LogP contribution in [0.5, 0.6) is 0 Å². The molecule has 0 amide bonds. The Bertz CT molecular complexity index is 359. The Morgan fingerprint density at radius 3 is 2.93 bits per heavy atom. The van der Waals surface area contributed by atoms with Gasteiger partial charge in [0.2, 0.25) is 0 Å². The molecule has 1 aromatic heterocycles. The first-order valence-electron chi connectivity index (χ1n) is 4.91. The van der Waals surface area contributed by atoms with Gasteiger partial charge in [-0.15, -0.1) is 0 Å². The van der Waals surface area contributed by atoms with E-state index in [0.717, 1.165) is 25.1 Å². The zero-order valence-corrected chi connectivity index (χ0v) is 8.16. The molecule has 0 aromatic carbocycles. The number of β-amino-alcohol motifs (C(OH)–C–C–N with tert-alkyl or cyclic N) is 1. The van der Waals surface area contributed by atoms with E-state index in [4.69, 9.17) is 0 Å². The van der Waals surface area contributed by atoms with E-state index in [2.05, 4.69) is 4.98 Å². The molecule has 1 N–H and O–H groups in total. The van der Waals surface area contributed by atoms with Gasteiger partial charge in [0.15, 0.2) is 11.6 Å². The minimum absolute atomic E-state index is 0.121. The first kappa shape index (κ1) is 10.3. The van der Waals surface area contributed by atoms with Crippen LogP contribution in [0, 0.1) is 11.6 Å². The van der Waals surface area contributed by atoms with E-state index in [0.29, 0.717) is 13.1 Å². The van der Waals surface area contributed by atoms with Crippen molar-refractivity contribution in [2.75, 3.05) is 18.0 Å². The van der Waals surface area contributed by atoms with Gasteiger partial charge in [0, 0.05) is 19.2 Å². The highest BCUT2D eigenvalue weighted by molar-refractivity contribution is 5.40. The molecule has 0 aliphatic carbocycles. The van der Waals surface area contributed by atoms with Crippen LogP contribution in [0.1, 0.15) is 12.8 Å². The van der Waals surface area contributed by atoms with Gasteiger partial charge in [-0.3, -0.25) is 0 Å². The Morgan fingerprint density at radius 2 is 2.27 bits per heavy atom. The smallest absolute Gasteiger partial charge is 0.168 e. The van der Waals surface area contributed by atoms with Gasteiger partial charge in [-0.2, -0.15) is 0 Å². The number of anilines is 1. The van der Waals surface area contributed by atoms with Gasteiger partial charge in [0.1, 0.15) is 5.82 Å². The fourth-order valence-corrected chi connectivity index (χ4v) is 1.79. The number of piperidine rings is 1. The van der Waals surface area contributed by atoms with Crippen molar-refractivity contribution in [2.45, 2.75) is 18.9 Å². The maximum Gasteiger partial charge on any atom is 0.168 e. The molecule has 1 atom stereocenters. The summed E-state index contributed by atoms with van der Waals surface area (Å²) in [6.45, 7) is 1.00. The third-order valence-electron chi connectivity index (χ3n) is 2.48. The van der Waals surface area contributed by atoms with Crippen molar-refractivity contribution < 1.29 is 13.9 Å². The predicted molar refractivity (Wildman–Crippen MR) is 51.6 cm³/mol. The molecule has 1 aliphatic heterocycles. The normalized spacial score (nSPS) is 21.8. The predicted octanol–water partition coefficient (Wildman–Crippen LogP) is 1.32. The quantitative estimate of drug-likeness (QED) is 0.766. The average Bonchev–Trinajstić information content (AvgIpc) is 2.17. The van der Waals surface area contributed by atoms with Crippen LogP contribution in [-0.2, 0) is 0 Å². The van der Waals surface area contributed by atoms with Crippen LogP contribution in [0.25, 0.3) is 0 Å².